The highest BCUT2D eigenvalue weighted by Gasteiger charge is 2.26. The molecule has 0 aromatic heterocycles. The van der Waals surface area contributed by atoms with Crippen LogP contribution >= 0.6 is 15.9 Å². The summed E-state index contributed by atoms with van der Waals surface area (Å²) in [4.78, 5) is 4.36. The molecule has 1 atom stereocenters. The number of aliphatic imine (C=N–C) groups is 1. The zero-order valence-electron chi connectivity index (χ0n) is 14.7. The van der Waals surface area contributed by atoms with Crippen molar-refractivity contribution in [3.63, 3.8) is 0 Å². The van der Waals surface area contributed by atoms with Gasteiger partial charge in [-0.1, -0.05) is 42.5 Å². The van der Waals surface area contributed by atoms with E-state index in [9.17, 15) is 8.78 Å². The van der Waals surface area contributed by atoms with Crippen molar-refractivity contribution < 1.29 is 18.3 Å². The molecule has 1 unspecified atom stereocenters. The Balaban J connectivity index is 1.46. The summed E-state index contributed by atoms with van der Waals surface area (Å²) in [6.07, 6.45) is 0. The predicted molar refractivity (Wildman–Crippen MR) is 107 cm³/mol. The molecule has 4 rings (SSSR count). The highest BCUT2D eigenvalue weighted by molar-refractivity contribution is 9.10. The molecule has 1 aliphatic heterocycles. The number of ether oxygens (including phenoxy) is 2. The fraction of sp³-hybridized carbons (Fsp3) is 0.136. The van der Waals surface area contributed by atoms with Gasteiger partial charge in [0.2, 0.25) is 5.90 Å². The second kappa shape index (κ2) is 8.10. The molecule has 0 fully saturated rings. The van der Waals surface area contributed by atoms with Gasteiger partial charge < -0.3 is 9.47 Å². The van der Waals surface area contributed by atoms with Crippen molar-refractivity contribution in [3.8, 4) is 5.75 Å². The summed E-state index contributed by atoms with van der Waals surface area (Å²) in [5.74, 6) is -0.586. The molecule has 0 aliphatic carbocycles. The van der Waals surface area contributed by atoms with Gasteiger partial charge in [0, 0.05) is 0 Å². The number of nitrogens with zero attached hydrogens (tertiary/aromatic N) is 1. The number of halogens is 3. The van der Waals surface area contributed by atoms with Crippen LogP contribution in [0.5, 0.6) is 5.75 Å². The molecule has 28 heavy (non-hydrogen) atoms. The Morgan fingerprint density at radius 2 is 1.68 bits per heavy atom. The molecule has 1 aliphatic rings. The number of benzene rings is 3. The topological polar surface area (TPSA) is 30.8 Å². The number of hydrogen-bond acceptors (Lipinski definition) is 3. The first-order valence-electron chi connectivity index (χ1n) is 8.73. The van der Waals surface area contributed by atoms with Crippen LogP contribution in [0.15, 0.2) is 76.2 Å². The van der Waals surface area contributed by atoms with Gasteiger partial charge in [-0.15, -0.1) is 0 Å². The minimum Gasteiger partial charge on any atom is -0.488 e. The van der Waals surface area contributed by atoms with Crippen LogP contribution < -0.4 is 4.74 Å². The number of para-hydroxylation sites is 1. The quantitative estimate of drug-likeness (QED) is 0.496. The van der Waals surface area contributed by atoms with Gasteiger partial charge in [-0.05, 0) is 51.3 Å². The van der Waals surface area contributed by atoms with Crippen LogP contribution in [0.25, 0.3) is 0 Å². The van der Waals surface area contributed by atoms with Crippen LogP contribution in [0.3, 0.4) is 0 Å². The maximum atomic E-state index is 13.9. The summed E-state index contributed by atoms with van der Waals surface area (Å²) in [6, 6.07) is 18.8. The lowest BCUT2D eigenvalue weighted by molar-refractivity contribution is 0.304. The molecule has 0 saturated heterocycles. The zero-order valence-corrected chi connectivity index (χ0v) is 16.3. The number of rotatable bonds is 5. The van der Waals surface area contributed by atoms with Crippen LogP contribution in [-0.4, -0.2) is 12.5 Å². The number of hydrogen-bond donors (Lipinski definition) is 0. The van der Waals surface area contributed by atoms with E-state index in [0.29, 0.717) is 6.61 Å². The summed E-state index contributed by atoms with van der Waals surface area (Å²) in [5.41, 5.74) is 1.70. The van der Waals surface area contributed by atoms with Crippen LogP contribution in [-0.2, 0) is 11.3 Å². The van der Waals surface area contributed by atoms with Gasteiger partial charge in [0.25, 0.3) is 0 Å². The van der Waals surface area contributed by atoms with Crippen molar-refractivity contribution in [2.75, 3.05) is 6.61 Å². The SMILES string of the molecule is Fc1cccc(F)c1C1=NC(c2ccc(COc3ccccc3Br)cc2)CO1. The van der Waals surface area contributed by atoms with E-state index in [2.05, 4.69) is 20.9 Å². The third-order valence-corrected chi connectivity index (χ3v) is 5.08. The van der Waals surface area contributed by atoms with Gasteiger partial charge in [-0.2, -0.15) is 0 Å². The van der Waals surface area contributed by atoms with E-state index >= 15 is 0 Å². The second-order valence-electron chi connectivity index (χ2n) is 6.32. The van der Waals surface area contributed by atoms with Crippen LogP contribution in [0.2, 0.25) is 0 Å². The fourth-order valence-corrected chi connectivity index (χ4v) is 3.34. The molecule has 3 nitrogen and oxygen atoms in total. The molecule has 142 valence electrons. The molecule has 0 amide bonds. The molecule has 3 aromatic rings. The highest BCUT2D eigenvalue weighted by Crippen LogP contribution is 2.28. The Bertz CT molecular complexity index is 1000. The third-order valence-electron chi connectivity index (χ3n) is 4.42. The molecule has 6 heteroatoms. The maximum Gasteiger partial charge on any atom is 0.222 e. The predicted octanol–water partition coefficient (Wildman–Crippen LogP) is 5.82. The standard InChI is InChI=1S/C22H16BrF2NO2/c23-16-4-1-2-7-20(16)27-12-14-8-10-15(11-9-14)19-13-28-22(26-19)21-17(24)5-3-6-18(21)25/h1-11,19H,12-13H2. The van der Waals surface area contributed by atoms with Crippen LogP contribution in [0.4, 0.5) is 8.78 Å². The molecule has 0 spiro atoms. The fourth-order valence-electron chi connectivity index (χ4n) is 2.94. The summed E-state index contributed by atoms with van der Waals surface area (Å²) in [5, 5.41) is 0. The minimum atomic E-state index is -0.682. The van der Waals surface area contributed by atoms with Gasteiger partial charge in [0.1, 0.15) is 42.2 Å². The Morgan fingerprint density at radius 3 is 2.39 bits per heavy atom. The monoisotopic (exact) mass is 443 g/mol. The largest absolute Gasteiger partial charge is 0.488 e. The summed E-state index contributed by atoms with van der Waals surface area (Å²) in [7, 11) is 0. The van der Waals surface area contributed by atoms with E-state index in [1.54, 1.807) is 0 Å². The lowest BCUT2D eigenvalue weighted by Gasteiger charge is -2.10. The molecule has 0 bridgehead atoms. The van der Waals surface area contributed by atoms with E-state index in [1.807, 2.05) is 48.5 Å². The maximum absolute atomic E-state index is 13.9. The molecule has 1 heterocycles. The van der Waals surface area contributed by atoms with Crippen molar-refractivity contribution in [3.05, 3.63) is 99.5 Å². The van der Waals surface area contributed by atoms with E-state index in [0.717, 1.165) is 21.3 Å². The first kappa shape index (κ1) is 18.6. The molecule has 0 radical (unpaired) electrons. The highest BCUT2D eigenvalue weighted by atomic mass is 79.9. The Labute approximate surface area is 169 Å². The van der Waals surface area contributed by atoms with Crippen molar-refractivity contribution in [2.45, 2.75) is 12.6 Å². The van der Waals surface area contributed by atoms with E-state index in [4.69, 9.17) is 9.47 Å². The average Bonchev–Trinajstić information content (AvgIpc) is 3.17. The van der Waals surface area contributed by atoms with Crippen molar-refractivity contribution in [1.82, 2.24) is 0 Å². The minimum absolute atomic E-state index is 0.00179. The summed E-state index contributed by atoms with van der Waals surface area (Å²) < 4.78 is 40.0. The van der Waals surface area contributed by atoms with Crippen molar-refractivity contribution >= 4 is 21.8 Å². The van der Waals surface area contributed by atoms with E-state index in [1.165, 1.54) is 18.2 Å². The molecular formula is C22H16BrF2NO2. The van der Waals surface area contributed by atoms with Crippen LogP contribution in [0, 0.1) is 11.6 Å². The smallest absolute Gasteiger partial charge is 0.222 e. The van der Waals surface area contributed by atoms with Gasteiger partial charge in [0.15, 0.2) is 0 Å². The molecule has 0 N–H and O–H groups in total. The second-order valence-corrected chi connectivity index (χ2v) is 7.17. The summed E-state index contributed by atoms with van der Waals surface area (Å²) >= 11 is 3.45. The molecular weight excluding hydrogens is 428 g/mol. The van der Waals surface area contributed by atoms with E-state index in [-0.39, 0.29) is 24.1 Å². The van der Waals surface area contributed by atoms with Crippen LogP contribution in [0.1, 0.15) is 22.7 Å². The van der Waals surface area contributed by atoms with Gasteiger partial charge >= 0.3 is 0 Å². The Hall–Kier alpha value is -2.73. The third kappa shape index (κ3) is 3.92. The normalized spacial score (nSPS) is 15.8. The van der Waals surface area contributed by atoms with Gasteiger partial charge in [0.05, 0.1) is 4.47 Å². The Morgan fingerprint density at radius 1 is 0.964 bits per heavy atom. The lowest BCUT2D eigenvalue weighted by atomic mass is 10.1. The lowest BCUT2D eigenvalue weighted by Crippen LogP contribution is -2.07. The van der Waals surface area contributed by atoms with Gasteiger partial charge in [-0.25, -0.2) is 13.8 Å². The molecule has 3 aromatic carbocycles. The van der Waals surface area contributed by atoms with E-state index < -0.39 is 11.6 Å². The Kier molecular flexibility index (Phi) is 5.39. The first-order valence-corrected chi connectivity index (χ1v) is 9.52. The molecule has 0 saturated carbocycles. The average molecular weight is 444 g/mol. The van der Waals surface area contributed by atoms with Gasteiger partial charge in [-0.3, -0.25) is 0 Å². The first-order chi connectivity index (χ1) is 13.6. The zero-order chi connectivity index (χ0) is 19.5. The summed E-state index contributed by atoms with van der Waals surface area (Å²) in [6.45, 7) is 0.676. The van der Waals surface area contributed by atoms with Crippen molar-refractivity contribution in [1.29, 1.82) is 0 Å². The van der Waals surface area contributed by atoms with Crippen molar-refractivity contribution in [2.24, 2.45) is 4.99 Å².